The number of anilines is 1. The smallest absolute Gasteiger partial charge is 0.293 e. The maximum atomic E-state index is 12.0. The number of hydrogen-bond donors (Lipinski definition) is 0. The predicted molar refractivity (Wildman–Crippen MR) is 73.8 cm³/mol. The van der Waals surface area contributed by atoms with Crippen LogP contribution in [0.15, 0.2) is 12.1 Å². The van der Waals surface area contributed by atoms with Gasteiger partial charge in [0.15, 0.2) is 0 Å². The highest BCUT2D eigenvalue weighted by Gasteiger charge is 2.34. The monoisotopic (exact) mass is 282 g/mol. The minimum absolute atomic E-state index is 0.0216. The molecule has 6 heteroatoms. The quantitative estimate of drug-likeness (QED) is 0.486. The average molecular weight is 283 g/mol. The zero-order chi connectivity index (χ0) is 14.2. The van der Waals surface area contributed by atoms with Crippen LogP contribution >= 0.6 is 11.6 Å². The van der Waals surface area contributed by atoms with Gasteiger partial charge in [0.05, 0.1) is 4.92 Å². The van der Waals surface area contributed by atoms with Crippen LogP contribution in [-0.4, -0.2) is 23.3 Å². The normalized spacial score (nSPS) is 19.0. The third kappa shape index (κ3) is 2.56. The van der Waals surface area contributed by atoms with E-state index in [1.807, 2.05) is 13.8 Å². The number of carbonyl (C=O) groups is 1. The Morgan fingerprint density at radius 1 is 1.42 bits per heavy atom. The van der Waals surface area contributed by atoms with Gasteiger partial charge in [-0.2, -0.15) is 0 Å². The van der Waals surface area contributed by atoms with Gasteiger partial charge in [-0.25, -0.2) is 0 Å². The molecule has 102 valence electrons. The van der Waals surface area contributed by atoms with Crippen LogP contribution in [-0.2, 0) is 4.79 Å². The van der Waals surface area contributed by atoms with Crippen molar-refractivity contribution >= 4 is 28.9 Å². The molecule has 0 spiro atoms. The Hall–Kier alpha value is -1.62. The second-order valence-electron chi connectivity index (χ2n) is 4.91. The minimum atomic E-state index is -0.441. The van der Waals surface area contributed by atoms with Gasteiger partial charge >= 0.3 is 0 Å². The van der Waals surface area contributed by atoms with Crippen molar-refractivity contribution in [3.63, 3.8) is 0 Å². The molecule has 19 heavy (non-hydrogen) atoms. The molecule has 0 aliphatic carbocycles. The van der Waals surface area contributed by atoms with Crippen molar-refractivity contribution in [3.05, 3.63) is 33.4 Å². The summed E-state index contributed by atoms with van der Waals surface area (Å²) in [6.45, 7) is 4.15. The SMILES string of the molecule is Cc1cc(N2CC(CCl)CC2=O)c([N+](=O)[O-])cc1C. The lowest BCUT2D eigenvalue weighted by molar-refractivity contribution is -0.384. The highest BCUT2D eigenvalue weighted by Crippen LogP contribution is 2.35. The molecule has 1 fully saturated rings. The Labute approximate surface area is 116 Å². The molecule has 1 aliphatic rings. The lowest BCUT2D eigenvalue weighted by Gasteiger charge is -2.17. The Kier molecular flexibility index (Phi) is 3.75. The van der Waals surface area contributed by atoms with Gasteiger partial charge in [0.2, 0.25) is 5.91 Å². The molecule has 1 heterocycles. The largest absolute Gasteiger partial charge is 0.306 e. The van der Waals surface area contributed by atoms with E-state index in [1.165, 1.54) is 11.0 Å². The summed E-state index contributed by atoms with van der Waals surface area (Å²) in [5.74, 6) is 0.355. The summed E-state index contributed by atoms with van der Waals surface area (Å²) in [5.41, 5.74) is 2.14. The first-order chi connectivity index (χ1) is 8.93. The van der Waals surface area contributed by atoms with Gasteiger partial charge in [-0.1, -0.05) is 0 Å². The highest BCUT2D eigenvalue weighted by molar-refractivity contribution is 6.18. The Morgan fingerprint density at radius 2 is 2.05 bits per heavy atom. The molecule has 0 aromatic heterocycles. The molecule has 1 aromatic rings. The Balaban J connectivity index is 2.47. The van der Waals surface area contributed by atoms with E-state index in [0.717, 1.165) is 11.1 Å². The zero-order valence-corrected chi connectivity index (χ0v) is 11.6. The lowest BCUT2D eigenvalue weighted by atomic mass is 10.1. The van der Waals surface area contributed by atoms with Gasteiger partial charge in [-0.3, -0.25) is 14.9 Å². The van der Waals surface area contributed by atoms with Gasteiger partial charge in [0.1, 0.15) is 5.69 Å². The second kappa shape index (κ2) is 5.17. The highest BCUT2D eigenvalue weighted by atomic mass is 35.5. The van der Waals surface area contributed by atoms with Crippen molar-refractivity contribution in [2.45, 2.75) is 20.3 Å². The fourth-order valence-corrected chi connectivity index (χ4v) is 2.47. The molecule has 0 bridgehead atoms. The number of nitrogens with zero attached hydrogens (tertiary/aromatic N) is 2. The van der Waals surface area contributed by atoms with Gasteiger partial charge in [-0.15, -0.1) is 11.6 Å². The van der Waals surface area contributed by atoms with Gasteiger partial charge in [-0.05, 0) is 37.0 Å². The summed E-state index contributed by atoms with van der Waals surface area (Å²) in [6.07, 6.45) is 0.355. The molecular weight excluding hydrogens is 268 g/mol. The number of aryl methyl sites for hydroxylation is 2. The summed E-state index contributed by atoms with van der Waals surface area (Å²) in [6, 6.07) is 3.23. The molecular formula is C13H15ClN2O3. The summed E-state index contributed by atoms with van der Waals surface area (Å²) in [4.78, 5) is 24.1. The fourth-order valence-electron chi connectivity index (χ4n) is 2.27. The number of halogens is 1. The van der Waals surface area contributed by atoms with Crippen LogP contribution in [0.1, 0.15) is 17.5 Å². The maximum Gasteiger partial charge on any atom is 0.293 e. The van der Waals surface area contributed by atoms with Crippen molar-refractivity contribution in [2.24, 2.45) is 5.92 Å². The van der Waals surface area contributed by atoms with Crippen LogP contribution in [0, 0.1) is 29.9 Å². The van der Waals surface area contributed by atoms with Crippen LogP contribution < -0.4 is 4.90 Å². The first-order valence-electron chi connectivity index (χ1n) is 6.06. The topological polar surface area (TPSA) is 63.5 Å². The summed E-state index contributed by atoms with van der Waals surface area (Å²) < 4.78 is 0. The molecule has 1 saturated heterocycles. The molecule has 1 amide bonds. The van der Waals surface area contributed by atoms with E-state index in [-0.39, 0.29) is 17.5 Å². The molecule has 0 saturated carbocycles. The standard InChI is InChI=1S/C13H15ClN2O3/c1-8-3-11(12(16(18)19)4-9(8)2)15-7-10(6-14)5-13(15)17/h3-4,10H,5-7H2,1-2H3. The van der Waals surface area contributed by atoms with Crippen LogP contribution in [0.5, 0.6) is 0 Å². The number of nitro groups is 1. The number of rotatable bonds is 3. The maximum absolute atomic E-state index is 12.0. The van der Waals surface area contributed by atoms with Crippen LogP contribution in [0.4, 0.5) is 11.4 Å². The van der Waals surface area contributed by atoms with Crippen LogP contribution in [0.2, 0.25) is 0 Å². The number of carbonyl (C=O) groups excluding carboxylic acids is 1. The summed E-state index contributed by atoms with van der Waals surface area (Å²) >= 11 is 5.77. The second-order valence-corrected chi connectivity index (χ2v) is 5.22. The van der Waals surface area contributed by atoms with E-state index in [1.54, 1.807) is 6.07 Å². The van der Waals surface area contributed by atoms with Gasteiger partial charge in [0, 0.05) is 24.9 Å². The molecule has 5 nitrogen and oxygen atoms in total. The first-order valence-corrected chi connectivity index (χ1v) is 6.59. The molecule has 1 aromatic carbocycles. The Morgan fingerprint density at radius 3 is 2.58 bits per heavy atom. The molecule has 1 atom stereocenters. The number of benzene rings is 1. The van der Waals surface area contributed by atoms with Crippen LogP contribution in [0.3, 0.4) is 0 Å². The van der Waals surface area contributed by atoms with Crippen molar-refractivity contribution in [1.82, 2.24) is 0 Å². The molecule has 0 radical (unpaired) electrons. The number of hydrogen-bond acceptors (Lipinski definition) is 3. The van der Waals surface area contributed by atoms with E-state index >= 15 is 0 Å². The number of nitro benzene ring substituents is 1. The summed E-state index contributed by atoms with van der Waals surface area (Å²) in [5, 5.41) is 11.1. The molecule has 1 unspecified atom stereocenters. The molecule has 1 aliphatic heterocycles. The summed E-state index contributed by atoms with van der Waals surface area (Å²) in [7, 11) is 0. The number of amides is 1. The number of alkyl halides is 1. The van der Waals surface area contributed by atoms with Crippen molar-refractivity contribution in [3.8, 4) is 0 Å². The van der Waals surface area contributed by atoms with E-state index < -0.39 is 4.92 Å². The van der Waals surface area contributed by atoms with Crippen molar-refractivity contribution in [2.75, 3.05) is 17.3 Å². The fraction of sp³-hybridized carbons (Fsp3) is 0.462. The average Bonchev–Trinajstić information content (AvgIpc) is 2.73. The zero-order valence-electron chi connectivity index (χ0n) is 10.9. The van der Waals surface area contributed by atoms with Gasteiger partial charge < -0.3 is 4.90 Å². The Bertz CT molecular complexity index is 545. The van der Waals surface area contributed by atoms with E-state index in [0.29, 0.717) is 24.5 Å². The van der Waals surface area contributed by atoms with Gasteiger partial charge in [0.25, 0.3) is 5.69 Å². The van der Waals surface area contributed by atoms with Crippen molar-refractivity contribution in [1.29, 1.82) is 0 Å². The first kappa shape index (κ1) is 13.8. The van der Waals surface area contributed by atoms with E-state index in [9.17, 15) is 14.9 Å². The van der Waals surface area contributed by atoms with E-state index in [2.05, 4.69) is 0 Å². The van der Waals surface area contributed by atoms with Crippen LogP contribution in [0.25, 0.3) is 0 Å². The lowest BCUT2D eigenvalue weighted by Crippen LogP contribution is -2.25. The third-order valence-corrected chi connectivity index (χ3v) is 3.94. The predicted octanol–water partition coefficient (Wildman–Crippen LogP) is 2.80. The molecule has 2 rings (SSSR count). The third-order valence-electron chi connectivity index (χ3n) is 3.50. The minimum Gasteiger partial charge on any atom is -0.306 e. The molecule has 0 N–H and O–H groups in total. The van der Waals surface area contributed by atoms with E-state index in [4.69, 9.17) is 11.6 Å². The van der Waals surface area contributed by atoms with Crippen molar-refractivity contribution < 1.29 is 9.72 Å².